The second-order valence-electron chi connectivity index (χ2n) is 4.68. The van der Waals surface area contributed by atoms with Crippen molar-refractivity contribution in [2.75, 3.05) is 12.3 Å². The average Bonchev–Trinajstić information content (AvgIpc) is 2.54. The van der Waals surface area contributed by atoms with E-state index in [9.17, 15) is 9.59 Å². The fraction of sp³-hybridized carbons (Fsp3) is 0.125. The quantitative estimate of drug-likeness (QED) is 0.640. The van der Waals surface area contributed by atoms with E-state index in [0.717, 1.165) is 5.56 Å². The molecule has 2 rings (SSSR count). The monoisotopic (exact) mass is 352 g/mol. The van der Waals surface area contributed by atoms with Gasteiger partial charge in [-0.25, -0.2) is 4.79 Å². The summed E-state index contributed by atoms with van der Waals surface area (Å²) in [6, 6.07) is 11.6. The number of amides is 1. The van der Waals surface area contributed by atoms with Crippen LogP contribution in [0.5, 0.6) is 0 Å². The number of ether oxygens (including phenoxy) is 1. The van der Waals surface area contributed by atoms with Gasteiger partial charge in [0.2, 0.25) is 0 Å². The van der Waals surface area contributed by atoms with Crippen LogP contribution in [0.1, 0.15) is 15.9 Å². The highest BCUT2D eigenvalue weighted by atomic mass is 35.5. The van der Waals surface area contributed by atoms with Gasteiger partial charge in [0, 0.05) is 22.3 Å². The van der Waals surface area contributed by atoms with Gasteiger partial charge in [0.1, 0.15) is 0 Å². The van der Waals surface area contributed by atoms with E-state index in [1.54, 1.807) is 24.3 Å². The molecule has 0 aliphatic rings. The van der Waals surface area contributed by atoms with Crippen molar-refractivity contribution in [3.8, 4) is 0 Å². The fourth-order valence-corrected chi connectivity index (χ4v) is 2.18. The molecule has 0 radical (unpaired) electrons. The molecule has 0 fully saturated rings. The number of nitrogen functional groups attached to an aromatic ring is 1. The molecular formula is C16H14Cl2N2O3. The Morgan fingerprint density at radius 2 is 1.87 bits per heavy atom. The summed E-state index contributed by atoms with van der Waals surface area (Å²) < 4.78 is 4.92. The highest BCUT2D eigenvalue weighted by molar-refractivity contribution is 6.31. The third-order valence-corrected chi connectivity index (χ3v) is 3.61. The summed E-state index contributed by atoms with van der Waals surface area (Å²) in [7, 11) is 0. The minimum Gasteiger partial charge on any atom is -0.452 e. The maximum absolute atomic E-state index is 11.9. The topological polar surface area (TPSA) is 81.4 Å². The third kappa shape index (κ3) is 4.87. The van der Waals surface area contributed by atoms with Crippen molar-refractivity contribution in [1.29, 1.82) is 0 Å². The number of esters is 1. The zero-order valence-corrected chi connectivity index (χ0v) is 13.5. The number of hydrogen-bond donors (Lipinski definition) is 2. The van der Waals surface area contributed by atoms with Crippen LogP contribution in [-0.2, 0) is 16.1 Å². The van der Waals surface area contributed by atoms with E-state index in [2.05, 4.69) is 5.32 Å². The van der Waals surface area contributed by atoms with E-state index in [4.69, 9.17) is 33.7 Å². The van der Waals surface area contributed by atoms with Crippen LogP contribution in [0.3, 0.4) is 0 Å². The van der Waals surface area contributed by atoms with Crippen LogP contribution in [0.2, 0.25) is 10.0 Å². The Balaban J connectivity index is 1.86. The van der Waals surface area contributed by atoms with Gasteiger partial charge in [-0.3, -0.25) is 4.79 Å². The third-order valence-electron chi connectivity index (χ3n) is 3.00. The molecule has 0 atom stereocenters. The summed E-state index contributed by atoms with van der Waals surface area (Å²) in [6.45, 7) is -0.176. The minimum atomic E-state index is -0.710. The summed E-state index contributed by atoms with van der Waals surface area (Å²) in [5.41, 5.74) is 6.80. The van der Waals surface area contributed by atoms with Gasteiger partial charge in [-0.15, -0.1) is 0 Å². The minimum absolute atomic E-state index is 0.122. The molecule has 0 bridgehead atoms. The second kappa shape index (κ2) is 7.85. The zero-order chi connectivity index (χ0) is 16.8. The van der Waals surface area contributed by atoms with Gasteiger partial charge < -0.3 is 15.8 Å². The van der Waals surface area contributed by atoms with E-state index in [1.807, 2.05) is 6.07 Å². The Kier molecular flexibility index (Phi) is 5.84. The molecule has 0 aromatic heterocycles. The van der Waals surface area contributed by atoms with E-state index in [0.29, 0.717) is 10.0 Å². The van der Waals surface area contributed by atoms with Crippen LogP contribution in [0, 0.1) is 0 Å². The average molecular weight is 353 g/mol. The highest BCUT2D eigenvalue weighted by Crippen LogP contribution is 2.18. The second-order valence-corrected chi connectivity index (χ2v) is 5.52. The number of nitrogens with one attached hydrogen (secondary N) is 1. The largest absolute Gasteiger partial charge is 0.452 e. The van der Waals surface area contributed by atoms with Crippen molar-refractivity contribution < 1.29 is 14.3 Å². The van der Waals surface area contributed by atoms with Crippen molar-refractivity contribution >= 4 is 40.8 Å². The Hall–Kier alpha value is -2.24. The van der Waals surface area contributed by atoms with Crippen molar-refractivity contribution in [3.63, 3.8) is 0 Å². The standard InChI is InChI=1S/C16H14Cl2N2O3/c17-11-5-6-14(19)12(7-11)16(22)23-9-15(21)20-8-10-3-1-2-4-13(10)18/h1-7H,8-9,19H2,(H,20,21). The number of rotatable bonds is 5. The molecule has 0 saturated heterocycles. The number of anilines is 1. The molecule has 5 nitrogen and oxygen atoms in total. The van der Waals surface area contributed by atoms with Crippen LogP contribution in [0.4, 0.5) is 5.69 Å². The number of halogens is 2. The lowest BCUT2D eigenvalue weighted by Crippen LogP contribution is -2.28. The lowest BCUT2D eigenvalue weighted by atomic mass is 10.2. The summed E-state index contributed by atoms with van der Waals surface area (Å²) in [4.78, 5) is 23.6. The van der Waals surface area contributed by atoms with Crippen LogP contribution in [0.15, 0.2) is 42.5 Å². The summed E-state index contributed by atoms with van der Waals surface area (Å²) >= 11 is 11.8. The van der Waals surface area contributed by atoms with Crippen LogP contribution in [0.25, 0.3) is 0 Å². The molecule has 0 spiro atoms. The Bertz CT molecular complexity index is 735. The van der Waals surface area contributed by atoms with Crippen LogP contribution in [-0.4, -0.2) is 18.5 Å². The molecule has 2 aromatic carbocycles. The number of hydrogen-bond acceptors (Lipinski definition) is 4. The highest BCUT2D eigenvalue weighted by Gasteiger charge is 2.14. The molecule has 1 amide bonds. The number of carbonyl (C=O) groups excluding carboxylic acids is 2. The zero-order valence-electron chi connectivity index (χ0n) is 12.0. The van der Waals surface area contributed by atoms with Gasteiger partial charge in [-0.2, -0.15) is 0 Å². The Morgan fingerprint density at radius 3 is 2.61 bits per heavy atom. The van der Waals surface area contributed by atoms with Crippen LogP contribution >= 0.6 is 23.2 Å². The maximum atomic E-state index is 11.9. The van der Waals surface area contributed by atoms with Gasteiger partial charge in [-0.1, -0.05) is 41.4 Å². The number of carbonyl (C=O) groups is 2. The Morgan fingerprint density at radius 1 is 1.13 bits per heavy atom. The van der Waals surface area contributed by atoms with Crippen molar-refractivity contribution in [2.45, 2.75) is 6.54 Å². The molecule has 120 valence electrons. The summed E-state index contributed by atoms with van der Waals surface area (Å²) in [6.07, 6.45) is 0. The molecule has 0 aliphatic heterocycles. The summed E-state index contributed by atoms with van der Waals surface area (Å²) in [5, 5.41) is 3.52. The van der Waals surface area contributed by atoms with Crippen LogP contribution < -0.4 is 11.1 Å². The van der Waals surface area contributed by atoms with Crippen molar-refractivity contribution in [2.24, 2.45) is 0 Å². The smallest absolute Gasteiger partial charge is 0.340 e. The van der Waals surface area contributed by atoms with E-state index in [-0.39, 0.29) is 17.8 Å². The fourth-order valence-electron chi connectivity index (χ4n) is 1.80. The van der Waals surface area contributed by atoms with Gasteiger partial charge in [-0.05, 0) is 29.8 Å². The van der Waals surface area contributed by atoms with E-state index >= 15 is 0 Å². The predicted molar refractivity (Wildman–Crippen MR) is 89.4 cm³/mol. The van der Waals surface area contributed by atoms with Gasteiger partial charge in [0.25, 0.3) is 5.91 Å². The molecular weight excluding hydrogens is 339 g/mol. The first kappa shape index (κ1) is 17.1. The van der Waals surface area contributed by atoms with Gasteiger partial charge >= 0.3 is 5.97 Å². The van der Waals surface area contributed by atoms with E-state index in [1.165, 1.54) is 12.1 Å². The van der Waals surface area contributed by atoms with E-state index < -0.39 is 18.5 Å². The summed E-state index contributed by atoms with van der Waals surface area (Å²) in [5.74, 6) is -1.16. The first-order chi connectivity index (χ1) is 11.0. The first-order valence-electron chi connectivity index (χ1n) is 6.69. The number of benzene rings is 2. The molecule has 7 heteroatoms. The predicted octanol–water partition coefficient (Wildman–Crippen LogP) is 3.05. The molecule has 2 aromatic rings. The van der Waals surface area contributed by atoms with Gasteiger partial charge in [0.15, 0.2) is 6.61 Å². The molecule has 0 unspecified atom stereocenters. The molecule has 23 heavy (non-hydrogen) atoms. The molecule has 3 N–H and O–H groups in total. The molecule has 0 aliphatic carbocycles. The lowest BCUT2D eigenvalue weighted by Gasteiger charge is -2.09. The van der Waals surface area contributed by atoms with Crippen molar-refractivity contribution in [1.82, 2.24) is 5.32 Å². The first-order valence-corrected chi connectivity index (χ1v) is 7.45. The maximum Gasteiger partial charge on any atom is 0.340 e. The molecule has 0 heterocycles. The van der Waals surface area contributed by atoms with Gasteiger partial charge in [0.05, 0.1) is 5.56 Å². The van der Waals surface area contributed by atoms with Crippen molar-refractivity contribution in [3.05, 3.63) is 63.6 Å². The normalized spacial score (nSPS) is 10.2. The SMILES string of the molecule is Nc1ccc(Cl)cc1C(=O)OCC(=O)NCc1ccccc1Cl. The lowest BCUT2D eigenvalue weighted by molar-refractivity contribution is -0.124. The molecule has 0 saturated carbocycles. The Labute approximate surface area is 143 Å². The number of nitrogens with two attached hydrogens (primary N) is 1.